The summed E-state index contributed by atoms with van der Waals surface area (Å²) in [4.78, 5) is 18.2. The first-order valence-electron chi connectivity index (χ1n) is 8.65. The van der Waals surface area contributed by atoms with Crippen molar-refractivity contribution in [2.24, 2.45) is 11.8 Å². The number of ketones is 1. The molecule has 0 unspecified atom stereocenters. The van der Waals surface area contributed by atoms with Crippen LogP contribution in [0.5, 0.6) is 0 Å². The second-order valence-electron chi connectivity index (χ2n) is 7.36. The number of H-pyrrole nitrogens is 1. The van der Waals surface area contributed by atoms with E-state index in [1.165, 1.54) is 35.2 Å². The Hall–Kier alpha value is -1.61. The molecular formula is C19H22N2O. The molecule has 3 nitrogen and oxygen atoms in total. The summed E-state index contributed by atoms with van der Waals surface area (Å²) in [6.07, 6.45) is 5.08. The second-order valence-corrected chi connectivity index (χ2v) is 7.36. The van der Waals surface area contributed by atoms with Gasteiger partial charge in [0, 0.05) is 42.5 Å². The standard InChI is InChI=1S/C19H22N2O/c22-14-6-5-12-11-21-8-7-16-15-3-1-2-4-17(15)20-19(16)18(21)10-13(12)9-14/h1-4,12-13,18,20H,5-11H2/t12-,13+,18-/m1/s1. The number of aromatic nitrogens is 1. The average molecular weight is 294 g/mol. The predicted molar refractivity (Wildman–Crippen MR) is 86.8 cm³/mol. The van der Waals surface area contributed by atoms with E-state index in [0.29, 0.717) is 17.7 Å². The number of piperidine rings is 1. The highest BCUT2D eigenvalue weighted by atomic mass is 16.1. The van der Waals surface area contributed by atoms with Gasteiger partial charge < -0.3 is 4.98 Å². The molecule has 1 aromatic heterocycles. The number of benzene rings is 1. The van der Waals surface area contributed by atoms with Gasteiger partial charge in [0.25, 0.3) is 0 Å². The number of nitrogens with zero attached hydrogens (tertiary/aromatic N) is 1. The summed E-state index contributed by atoms with van der Waals surface area (Å²) in [5, 5.41) is 1.40. The maximum Gasteiger partial charge on any atom is 0.133 e. The number of carbonyl (C=O) groups is 1. The van der Waals surface area contributed by atoms with Crippen LogP contribution in [-0.4, -0.2) is 28.8 Å². The lowest BCUT2D eigenvalue weighted by Gasteiger charge is -2.47. The van der Waals surface area contributed by atoms with E-state index in [1.807, 2.05) is 0 Å². The van der Waals surface area contributed by atoms with Crippen LogP contribution in [0.3, 0.4) is 0 Å². The van der Waals surface area contributed by atoms with Crippen LogP contribution >= 0.6 is 0 Å². The molecule has 0 amide bonds. The average Bonchev–Trinajstić information content (AvgIpc) is 2.92. The fourth-order valence-corrected chi connectivity index (χ4v) is 5.10. The molecule has 1 saturated carbocycles. The molecule has 22 heavy (non-hydrogen) atoms. The van der Waals surface area contributed by atoms with Crippen LogP contribution in [0.25, 0.3) is 10.9 Å². The summed E-state index contributed by atoms with van der Waals surface area (Å²) in [6.45, 7) is 2.37. The molecule has 3 aliphatic rings. The van der Waals surface area contributed by atoms with Gasteiger partial charge in [0.05, 0.1) is 6.04 Å². The first-order chi connectivity index (χ1) is 10.8. The minimum Gasteiger partial charge on any atom is -0.357 e. The highest BCUT2D eigenvalue weighted by Gasteiger charge is 2.42. The summed E-state index contributed by atoms with van der Waals surface area (Å²) in [7, 11) is 0. The quantitative estimate of drug-likeness (QED) is 0.808. The van der Waals surface area contributed by atoms with Crippen molar-refractivity contribution in [1.29, 1.82) is 0 Å². The lowest BCUT2D eigenvalue weighted by atomic mass is 9.71. The highest BCUT2D eigenvalue weighted by molar-refractivity contribution is 5.85. The molecule has 2 fully saturated rings. The van der Waals surface area contributed by atoms with Gasteiger partial charge in [-0.25, -0.2) is 0 Å². The Labute approximate surface area is 130 Å². The van der Waals surface area contributed by atoms with Crippen molar-refractivity contribution in [3.8, 4) is 0 Å². The third-order valence-electron chi connectivity index (χ3n) is 6.22. The van der Waals surface area contributed by atoms with E-state index in [0.717, 1.165) is 38.0 Å². The number of hydrogen-bond donors (Lipinski definition) is 1. The van der Waals surface area contributed by atoms with Crippen molar-refractivity contribution in [3.63, 3.8) is 0 Å². The molecule has 0 radical (unpaired) electrons. The predicted octanol–water partition coefficient (Wildman–Crippen LogP) is 3.46. The summed E-state index contributed by atoms with van der Waals surface area (Å²) < 4.78 is 0. The molecule has 2 aliphatic heterocycles. The minimum atomic E-state index is 0.488. The Bertz CT molecular complexity index is 747. The van der Waals surface area contributed by atoms with Crippen LogP contribution in [0.1, 0.15) is 43.0 Å². The van der Waals surface area contributed by atoms with Gasteiger partial charge in [-0.15, -0.1) is 0 Å². The summed E-state index contributed by atoms with van der Waals surface area (Å²) in [6, 6.07) is 9.19. The summed E-state index contributed by atoms with van der Waals surface area (Å²) in [5.41, 5.74) is 4.23. The first-order valence-corrected chi connectivity index (χ1v) is 8.65. The van der Waals surface area contributed by atoms with E-state index in [9.17, 15) is 4.79 Å². The maximum atomic E-state index is 11.8. The van der Waals surface area contributed by atoms with Gasteiger partial charge in [-0.3, -0.25) is 9.69 Å². The SMILES string of the molecule is O=C1CC[C@@H]2CN3CCc4c([nH]c5ccccc45)[C@H]3C[C@@H]2C1. The second kappa shape index (κ2) is 4.69. The van der Waals surface area contributed by atoms with Gasteiger partial charge in [0.1, 0.15) is 5.78 Å². The zero-order valence-corrected chi connectivity index (χ0v) is 12.8. The van der Waals surface area contributed by atoms with E-state index >= 15 is 0 Å². The minimum absolute atomic E-state index is 0.488. The number of fused-ring (bicyclic) bond motifs is 6. The first kappa shape index (κ1) is 12.9. The van der Waals surface area contributed by atoms with Gasteiger partial charge in [-0.05, 0) is 42.7 Å². The van der Waals surface area contributed by atoms with E-state index in [2.05, 4.69) is 34.1 Å². The van der Waals surface area contributed by atoms with E-state index < -0.39 is 0 Å². The van der Waals surface area contributed by atoms with Crippen molar-refractivity contribution < 1.29 is 4.79 Å². The van der Waals surface area contributed by atoms with Crippen LogP contribution in [-0.2, 0) is 11.2 Å². The van der Waals surface area contributed by atoms with E-state index in [4.69, 9.17) is 0 Å². The lowest BCUT2D eigenvalue weighted by molar-refractivity contribution is -0.124. The van der Waals surface area contributed by atoms with E-state index in [1.54, 1.807) is 0 Å². The number of Topliss-reactive ketones (excluding diaryl/α,β-unsaturated/α-hetero) is 1. The third-order valence-corrected chi connectivity index (χ3v) is 6.22. The van der Waals surface area contributed by atoms with Crippen molar-refractivity contribution in [2.45, 2.75) is 38.1 Å². The van der Waals surface area contributed by atoms with Gasteiger partial charge in [-0.1, -0.05) is 18.2 Å². The van der Waals surface area contributed by atoms with Crippen LogP contribution < -0.4 is 0 Å². The molecule has 1 aromatic carbocycles. The Morgan fingerprint density at radius 2 is 2.05 bits per heavy atom. The van der Waals surface area contributed by atoms with Crippen molar-refractivity contribution >= 4 is 16.7 Å². The molecular weight excluding hydrogens is 272 g/mol. The molecule has 1 N–H and O–H groups in total. The summed E-state index contributed by atoms with van der Waals surface area (Å²) >= 11 is 0. The zero-order chi connectivity index (χ0) is 14.7. The van der Waals surface area contributed by atoms with Gasteiger partial charge in [-0.2, -0.15) is 0 Å². The Kier molecular flexibility index (Phi) is 2.75. The molecule has 1 aliphatic carbocycles. The van der Waals surface area contributed by atoms with Crippen LogP contribution in [0.4, 0.5) is 0 Å². The molecule has 0 bridgehead atoms. The number of hydrogen-bond acceptors (Lipinski definition) is 2. The Morgan fingerprint density at radius 1 is 1.14 bits per heavy atom. The van der Waals surface area contributed by atoms with Crippen LogP contribution in [0.15, 0.2) is 24.3 Å². The number of nitrogens with one attached hydrogen (secondary N) is 1. The molecule has 0 spiro atoms. The maximum absolute atomic E-state index is 11.8. The van der Waals surface area contributed by atoms with Crippen molar-refractivity contribution in [2.75, 3.05) is 13.1 Å². The highest BCUT2D eigenvalue weighted by Crippen LogP contribution is 2.46. The molecule has 3 heterocycles. The summed E-state index contributed by atoms with van der Waals surface area (Å²) in [5.74, 6) is 1.85. The monoisotopic (exact) mass is 294 g/mol. The molecule has 3 heteroatoms. The molecule has 3 atom stereocenters. The van der Waals surface area contributed by atoms with Gasteiger partial charge >= 0.3 is 0 Å². The molecule has 114 valence electrons. The van der Waals surface area contributed by atoms with Gasteiger partial charge in [0.2, 0.25) is 0 Å². The number of aromatic amines is 1. The number of para-hydroxylation sites is 1. The van der Waals surface area contributed by atoms with Crippen LogP contribution in [0.2, 0.25) is 0 Å². The fraction of sp³-hybridized carbons (Fsp3) is 0.526. The Morgan fingerprint density at radius 3 is 3.00 bits per heavy atom. The van der Waals surface area contributed by atoms with Crippen LogP contribution in [0, 0.1) is 11.8 Å². The fourth-order valence-electron chi connectivity index (χ4n) is 5.10. The number of rotatable bonds is 0. The third kappa shape index (κ3) is 1.81. The van der Waals surface area contributed by atoms with Crippen molar-refractivity contribution in [3.05, 3.63) is 35.5 Å². The smallest absolute Gasteiger partial charge is 0.133 e. The zero-order valence-electron chi connectivity index (χ0n) is 12.8. The van der Waals surface area contributed by atoms with Crippen molar-refractivity contribution in [1.82, 2.24) is 9.88 Å². The molecule has 5 rings (SSSR count). The lowest BCUT2D eigenvalue weighted by Crippen LogP contribution is -2.47. The Balaban J connectivity index is 1.54. The molecule has 2 aromatic rings. The van der Waals surface area contributed by atoms with E-state index in [-0.39, 0.29) is 0 Å². The van der Waals surface area contributed by atoms with Gasteiger partial charge in [0.15, 0.2) is 0 Å². The number of carbonyl (C=O) groups excluding carboxylic acids is 1. The largest absolute Gasteiger partial charge is 0.357 e. The molecule has 1 saturated heterocycles. The normalized spacial score (nSPS) is 31.6. The topological polar surface area (TPSA) is 36.1 Å².